The van der Waals surface area contributed by atoms with Crippen LogP contribution >= 0.6 is 27.5 Å². The van der Waals surface area contributed by atoms with E-state index in [0.717, 1.165) is 5.56 Å². The minimum atomic E-state index is 0.117. The maximum absolute atomic E-state index is 5.85. The van der Waals surface area contributed by atoms with E-state index >= 15 is 0 Å². The molecule has 0 aliphatic carbocycles. The third-order valence-corrected chi connectivity index (χ3v) is 3.51. The molecule has 2 N–H and O–H groups in total. The fourth-order valence-electron chi connectivity index (χ4n) is 1.87. The first-order valence-corrected chi connectivity index (χ1v) is 6.71. The molecule has 0 saturated heterocycles. The molecule has 0 fully saturated rings. The molecule has 0 bridgehead atoms. The van der Waals surface area contributed by atoms with E-state index in [0.29, 0.717) is 22.4 Å². The predicted octanol–water partition coefficient (Wildman–Crippen LogP) is 2.87. The number of halogens is 2. The van der Waals surface area contributed by atoms with Crippen molar-refractivity contribution in [1.82, 2.24) is 19.5 Å². The van der Waals surface area contributed by atoms with Crippen molar-refractivity contribution >= 4 is 44.5 Å². The first-order valence-electron chi connectivity index (χ1n) is 5.54. The molecule has 0 aliphatic rings. The summed E-state index contributed by atoms with van der Waals surface area (Å²) in [6.07, 6.45) is 0. The van der Waals surface area contributed by atoms with E-state index in [1.807, 2.05) is 34.9 Å². The monoisotopic (exact) mass is 337 g/mol. The topological polar surface area (TPSA) is 69.6 Å². The van der Waals surface area contributed by atoms with Gasteiger partial charge in [0.2, 0.25) is 5.28 Å². The molecule has 2 aromatic heterocycles. The van der Waals surface area contributed by atoms with E-state index in [1.54, 1.807) is 0 Å². The van der Waals surface area contributed by atoms with Crippen molar-refractivity contribution in [3.63, 3.8) is 0 Å². The zero-order valence-corrected chi connectivity index (χ0v) is 12.1. The largest absolute Gasteiger partial charge is 0.382 e. The number of nitrogens with two attached hydrogens (primary N) is 1. The molecule has 0 saturated carbocycles. The highest BCUT2D eigenvalue weighted by molar-refractivity contribution is 9.10. The Morgan fingerprint density at radius 3 is 2.63 bits per heavy atom. The summed E-state index contributed by atoms with van der Waals surface area (Å²) in [5.74, 6) is 0.280. The molecule has 0 aliphatic heterocycles. The van der Waals surface area contributed by atoms with Gasteiger partial charge in [-0.3, -0.25) is 4.57 Å². The Kier molecular flexibility index (Phi) is 3.12. The van der Waals surface area contributed by atoms with Gasteiger partial charge in [0.1, 0.15) is 0 Å². The Morgan fingerprint density at radius 1 is 1.16 bits per heavy atom. The van der Waals surface area contributed by atoms with Gasteiger partial charge >= 0.3 is 0 Å². The van der Waals surface area contributed by atoms with Crippen molar-refractivity contribution in [2.75, 3.05) is 5.73 Å². The van der Waals surface area contributed by atoms with Gasteiger partial charge in [0.05, 0.1) is 6.54 Å². The first kappa shape index (κ1) is 12.4. The number of rotatable bonds is 2. The van der Waals surface area contributed by atoms with Gasteiger partial charge in [0.15, 0.2) is 21.7 Å². The fourth-order valence-corrected chi connectivity index (χ4v) is 2.52. The second-order valence-electron chi connectivity index (χ2n) is 4.00. The van der Waals surface area contributed by atoms with E-state index in [9.17, 15) is 0 Å². The van der Waals surface area contributed by atoms with Gasteiger partial charge in [0.25, 0.3) is 0 Å². The standard InChI is InChI=1S/C12H9BrClN5/c13-11-16-8-9(15)17-12(14)18-10(8)19(11)6-7-4-2-1-3-5-7/h1-5H,6H2,(H2,15,17,18). The summed E-state index contributed by atoms with van der Waals surface area (Å²) in [5.41, 5.74) is 8.10. The van der Waals surface area contributed by atoms with Gasteiger partial charge in [-0.15, -0.1) is 0 Å². The van der Waals surface area contributed by atoms with Gasteiger partial charge in [-0.2, -0.15) is 9.97 Å². The number of hydrogen-bond donors (Lipinski definition) is 1. The number of aromatic nitrogens is 4. The van der Waals surface area contributed by atoms with Crippen LogP contribution in [-0.4, -0.2) is 19.5 Å². The molecule has 19 heavy (non-hydrogen) atoms. The molecule has 0 atom stereocenters. The molecule has 5 nitrogen and oxygen atoms in total. The average Bonchev–Trinajstić information content (AvgIpc) is 2.69. The van der Waals surface area contributed by atoms with Crippen molar-refractivity contribution in [3.8, 4) is 0 Å². The van der Waals surface area contributed by atoms with Crippen LogP contribution in [0.3, 0.4) is 0 Å². The Balaban J connectivity index is 2.15. The molecule has 96 valence electrons. The number of benzene rings is 1. The van der Waals surface area contributed by atoms with Crippen molar-refractivity contribution in [2.45, 2.75) is 6.54 Å². The molecule has 0 amide bonds. The number of nitrogen functional groups attached to an aromatic ring is 1. The van der Waals surface area contributed by atoms with Crippen LogP contribution in [0.1, 0.15) is 5.56 Å². The summed E-state index contributed by atoms with van der Waals surface area (Å²) < 4.78 is 2.55. The highest BCUT2D eigenvalue weighted by Crippen LogP contribution is 2.24. The van der Waals surface area contributed by atoms with Gasteiger partial charge in [0, 0.05) is 0 Å². The SMILES string of the molecule is Nc1nc(Cl)nc2c1nc(Br)n2Cc1ccccc1. The molecule has 0 unspecified atom stereocenters. The summed E-state index contributed by atoms with van der Waals surface area (Å²) in [6, 6.07) is 10.0. The summed E-state index contributed by atoms with van der Waals surface area (Å²) in [4.78, 5) is 12.4. The second-order valence-corrected chi connectivity index (χ2v) is 5.05. The van der Waals surface area contributed by atoms with E-state index in [-0.39, 0.29) is 11.1 Å². The lowest BCUT2D eigenvalue weighted by Crippen LogP contribution is -2.02. The van der Waals surface area contributed by atoms with Crippen molar-refractivity contribution < 1.29 is 0 Å². The third kappa shape index (κ3) is 2.29. The number of hydrogen-bond acceptors (Lipinski definition) is 4. The smallest absolute Gasteiger partial charge is 0.226 e. The first-order chi connectivity index (χ1) is 9.15. The van der Waals surface area contributed by atoms with Gasteiger partial charge in [-0.25, -0.2) is 4.98 Å². The van der Waals surface area contributed by atoms with Crippen molar-refractivity contribution in [1.29, 1.82) is 0 Å². The number of anilines is 1. The lowest BCUT2D eigenvalue weighted by molar-refractivity contribution is 0.790. The van der Waals surface area contributed by atoms with Crippen LogP contribution in [-0.2, 0) is 6.54 Å². The van der Waals surface area contributed by atoms with E-state index in [1.165, 1.54) is 0 Å². The summed E-state index contributed by atoms with van der Waals surface area (Å²) >= 11 is 9.26. The molecule has 3 aromatic rings. The van der Waals surface area contributed by atoms with Crippen molar-refractivity contribution in [2.24, 2.45) is 0 Å². The molecule has 0 radical (unpaired) electrons. The Labute approximate surface area is 122 Å². The van der Waals surface area contributed by atoms with Crippen LogP contribution in [0.5, 0.6) is 0 Å². The molecular formula is C12H9BrClN5. The van der Waals surface area contributed by atoms with Crippen LogP contribution in [0.4, 0.5) is 5.82 Å². The lowest BCUT2D eigenvalue weighted by Gasteiger charge is -2.05. The average molecular weight is 339 g/mol. The van der Waals surface area contributed by atoms with E-state index in [4.69, 9.17) is 17.3 Å². The van der Waals surface area contributed by atoms with Crippen molar-refractivity contribution in [3.05, 3.63) is 45.9 Å². The Morgan fingerprint density at radius 2 is 1.89 bits per heavy atom. The van der Waals surface area contributed by atoms with E-state index in [2.05, 4.69) is 30.9 Å². The number of nitrogens with zero attached hydrogens (tertiary/aromatic N) is 4. The maximum atomic E-state index is 5.85. The van der Waals surface area contributed by atoms with Crippen LogP contribution < -0.4 is 5.73 Å². The van der Waals surface area contributed by atoms with Crippen LogP contribution in [0.2, 0.25) is 5.28 Å². The van der Waals surface area contributed by atoms with Crippen LogP contribution in [0, 0.1) is 0 Å². The summed E-state index contributed by atoms with van der Waals surface area (Å²) in [6.45, 7) is 0.630. The summed E-state index contributed by atoms with van der Waals surface area (Å²) in [5, 5.41) is 0.117. The van der Waals surface area contributed by atoms with Gasteiger partial charge in [-0.1, -0.05) is 30.3 Å². The Bertz CT molecular complexity index is 741. The lowest BCUT2D eigenvalue weighted by atomic mass is 10.2. The number of fused-ring (bicyclic) bond motifs is 1. The fraction of sp³-hybridized carbons (Fsp3) is 0.0833. The van der Waals surface area contributed by atoms with Crippen LogP contribution in [0.25, 0.3) is 11.2 Å². The normalized spacial score (nSPS) is 11.1. The minimum absolute atomic E-state index is 0.117. The predicted molar refractivity (Wildman–Crippen MR) is 78.0 cm³/mol. The highest BCUT2D eigenvalue weighted by Gasteiger charge is 2.14. The third-order valence-electron chi connectivity index (χ3n) is 2.73. The minimum Gasteiger partial charge on any atom is -0.382 e. The number of imidazole rings is 1. The maximum Gasteiger partial charge on any atom is 0.226 e. The molecular weight excluding hydrogens is 330 g/mol. The molecule has 0 spiro atoms. The zero-order chi connectivity index (χ0) is 13.4. The van der Waals surface area contributed by atoms with Crippen LogP contribution in [0.15, 0.2) is 35.1 Å². The van der Waals surface area contributed by atoms with Gasteiger partial charge < -0.3 is 5.73 Å². The molecule has 3 rings (SSSR count). The highest BCUT2D eigenvalue weighted by atomic mass is 79.9. The molecule has 2 heterocycles. The van der Waals surface area contributed by atoms with E-state index < -0.39 is 0 Å². The molecule has 1 aromatic carbocycles. The Hall–Kier alpha value is -1.66. The van der Waals surface area contributed by atoms with Gasteiger partial charge in [-0.05, 0) is 33.1 Å². The second kappa shape index (κ2) is 4.79. The summed E-state index contributed by atoms with van der Waals surface area (Å²) in [7, 11) is 0. The zero-order valence-electron chi connectivity index (χ0n) is 9.72. The molecule has 7 heteroatoms. The quantitative estimate of drug-likeness (QED) is 0.576.